The van der Waals surface area contributed by atoms with Gasteiger partial charge in [-0.1, -0.05) is 6.07 Å². The molecule has 1 aromatic carbocycles. The van der Waals surface area contributed by atoms with Crippen molar-refractivity contribution in [1.82, 2.24) is 0 Å². The molecule has 6 heteroatoms. The van der Waals surface area contributed by atoms with Crippen LogP contribution in [0, 0.1) is 0 Å². The highest BCUT2D eigenvalue weighted by Crippen LogP contribution is 2.31. The molecule has 0 saturated carbocycles. The number of imide groups is 1. The first kappa shape index (κ1) is 13.2. The van der Waals surface area contributed by atoms with Gasteiger partial charge in [-0.25, -0.2) is 0 Å². The van der Waals surface area contributed by atoms with E-state index in [0.717, 1.165) is 32.0 Å². The lowest BCUT2D eigenvalue weighted by molar-refractivity contribution is -0.137. The summed E-state index contributed by atoms with van der Waals surface area (Å²) in [5.74, 6) is -1.26. The van der Waals surface area contributed by atoms with E-state index in [1.54, 1.807) is 0 Å². The highest BCUT2D eigenvalue weighted by atomic mass is 19.4. The summed E-state index contributed by atoms with van der Waals surface area (Å²) in [6, 6.07) is 4.07. The maximum atomic E-state index is 12.4. The highest BCUT2D eigenvalue weighted by Gasteiger charge is 2.31. The molecule has 0 atom stereocenters. The van der Waals surface area contributed by atoms with E-state index in [1.165, 1.54) is 6.07 Å². The van der Waals surface area contributed by atoms with E-state index in [0.29, 0.717) is 4.90 Å². The zero-order chi connectivity index (χ0) is 13.2. The number of alkyl halides is 3. The van der Waals surface area contributed by atoms with Crippen molar-refractivity contribution in [2.45, 2.75) is 20.0 Å². The Balaban J connectivity index is 3.23. The predicted molar refractivity (Wildman–Crippen MR) is 55.3 cm³/mol. The topological polar surface area (TPSA) is 37.4 Å². The Morgan fingerprint density at radius 2 is 1.65 bits per heavy atom. The Labute approximate surface area is 95.8 Å². The summed E-state index contributed by atoms with van der Waals surface area (Å²) >= 11 is 0. The fourth-order valence-electron chi connectivity index (χ4n) is 1.41. The summed E-state index contributed by atoms with van der Waals surface area (Å²) in [6.45, 7) is 2.23. The first-order valence-corrected chi connectivity index (χ1v) is 4.72. The molecule has 0 aliphatic carbocycles. The molecule has 3 nitrogen and oxygen atoms in total. The highest BCUT2D eigenvalue weighted by molar-refractivity contribution is 6.13. The largest absolute Gasteiger partial charge is 0.416 e. The van der Waals surface area contributed by atoms with Gasteiger partial charge >= 0.3 is 6.18 Å². The molecule has 0 spiro atoms. The first-order chi connectivity index (χ1) is 7.73. The van der Waals surface area contributed by atoms with Gasteiger partial charge in [0.25, 0.3) is 0 Å². The van der Waals surface area contributed by atoms with Crippen molar-refractivity contribution in [3.8, 4) is 0 Å². The van der Waals surface area contributed by atoms with Gasteiger partial charge in [-0.05, 0) is 18.2 Å². The van der Waals surface area contributed by atoms with Crippen molar-refractivity contribution < 1.29 is 22.8 Å². The van der Waals surface area contributed by atoms with Crippen LogP contribution in [-0.4, -0.2) is 11.8 Å². The summed E-state index contributed by atoms with van der Waals surface area (Å²) in [5.41, 5.74) is -0.984. The molecule has 0 heterocycles. The van der Waals surface area contributed by atoms with Gasteiger partial charge in [0, 0.05) is 13.8 Å². The van der Waals surface area contributed by atoms with E-state index >= 15 is 0 Å². The number of carbonyl (C=O) groups excluding carboxylic acids is 2. The zero-order valence-electron chi connectivity index (χ0n) is 9.21. The molecular weight excluding hydrogens is 235 g/mol. The van der Waals surface area contributed by atoms with Gasteiger partial charge in [-0.2, -0.15) is 13.2 Å². The van der Waals surface area contributed by atoms with Crippen LogP contribution in [0.1, 0.15) is 19.4 Å². The van der Waals surface area contributed by atoms with Crippen LogP contribution >= 0.6 is 0 Å². The summed E-state index contributed by atoms with van der Waals surface area (Å²) in [6.07, 6.45) is -4.50. The number of rotatable bonds is 1. The van der Waals surface area contributed by atoms with Gasteiger partial charge < -0.3 is 0 Å². The minimum absolute atomic E-state index is 0.0835. The van der Waals surface area contributed by atoms with Crippen LogP contribution in [0.3, 0.4) is 0 Å². The Kier molecular flexibility index (Phi) is 3.55. The predicted octanol–water partition coefficient (Wildman–Crippen LogP) is 2.60. The molecule has 0 radical (unpaired) electrons. The molecule has 17 heavy (non-hydrogen) atoms. The molecule has 0 N–H and O–H groups in total. The normalized spacial score (nSPS) is 11.1. The van der Waals surface area contributed by atoms with Gasteiger partial charge in [-0.3, -0.25) is 14.5 Å². The number of amides is 2. The van der Waals surface area contributed by atoms with Crippen LogP contribution in [0.4, 0.5) is 18.9 Å². The minimum atomic E-state index is -4.50. The molecule has 92 valence electrons. The Bertz CT molecular complexity index is 440. The fraction of sp³-hybridized carbons (Fsp3) is 0.273. The van der Waals surface area contributed by atoms with Gasteiger partial charge in [0.1, 0.15) is 0 Å². The van der Waals surface area contributed by atoms with Crippen molar-refractivity contribution in [3.63, 3.8) is 0 Å². The van der Waals surface area contributed by atoms with Crippen LogP contribution in [0.15, 0.2) is 24.3 Å². The molecule has 1 rings (SSSR count). The molecule has 0 fully saturated rings. The van der Waals surface area contributed by atoms with Gasteiger partial charge in [-0.15, -0.1) is 0 Å². The monoisotopic (exact) mass is 245 g/mol. The van der Waals surface area contributed by atoms with Crippen molar-refractivity contribution >= 4 is 17.5 Å². The van der Waals surface area contributed by atoms with E-state index in [1.807, 2.05) is 0 Å². The van der Waals surface area contributed by atoms with Crippen LogP contribution in [0.5, 0.6) is 0 Å². The van der Waals surface area contributed by atoms with E-state index < -0.39 is 23.6 Å². The third-order valence-electron chi connectivity index (χ3n) is 2.06. The van der Waals surface area contributed by atoms with Crippen LogP contribution in [-0.2, 0) is 15.8 Å². The van der Waals surface area contributed by atoms with Gasteiger partial charge in [0.05, 0.1) is 11.3 Å². The average Bonchev–Trinajstić information content (AvgIpc) is 2.15. The van der Waals surface area contributed by atoms with Crippen molar-refractivity contribution in [2.24, 2.45) is 0 Å². The summed E-state index contributed by atoms with van der Waals surface area (Å²) < 4.78 is 37.3. The molecule has 0 unspecified atom stereocenters. The molecule has 0 aliphatic heterocycles. The second kappa shape index (κ2) is 4.57. The number of anilines is 1. The van der Waals surface area contributed by atoms with E-state index in [9.17, 15) is 22.8 Å². The molecular formula is C11H10F3NO2. The standard InChI is InChI=1S/C11H10F3NO2/c1-7(16)15(8(2)17)10-5-3-4-9(6-10)11(12,13)14/h3-6H,1-2H3. The SMILES string of the molecule is CC(=O)N(C(C)=O)c1cccc(C(F)(F)F)c1. The summed E-state index contributed by atoms with van der Waals surface area (Å²) in [4.78, 5) is 23.0. The Morgan fingerprint density at radius 1 is 1.12 bits per heavy atom. The molecule has 0 bridgehead atoms. The second-order valence-corrected chi connectivity index (χ2v) is 3.42. The minimum Gasteiger partial charge on any atom is -0.274 e. The second-order valence-electron chi connectivity index (χ2n) is 3.42. The molecule has 0 aromatic heterocycles. The Morgan fingerprint density at radius 3 is 2.06 bits per heavy atom. The number of nitrogens with zero attached hydrogens (tertiary/aromatic N) is 1. The van der Waals surface area contributed by atoms with Gasteiger partial charge in [0.15, 0.2) is 0 Å². The smallest absolute Gasteiger partial charge is 0.274 e. The average molecular weight is 245 g/mol. The van der Waals surface area contributed by atoms with E-state index in [4.69, 9.17) is 0 Å². The van der Waals surface area contributed by atoms with Crippen molar-refractivity contribution in [1.29, 1.82) is 0 Å². The maximum absolute atomic E-state index is 12.4. The van der Waals surface area contributed by atoms with Gasteiger partial charge in [0.2, 0.25) is 11.8 Å². The van der Waals surface area contributed by atoms with Crippen LogP contribution < -0.4 is 4.90 Å². The summed E-state index contributed by atoms with van der Waals surface area (Å²) in [7, 11) is 0. The quantitative estimate of drug-likeness (QED) is 0.762. The van der Waals surface area contributed by atoms with E-state index in [2.05, 4.69) is 0 Å². The lowest BCUT2D eigenvalue weighted by Gasteiger charge is -2.18. The van der Waals surface area contributed by atoms with Crippen molar-refractivity contribution in [2.75, 3.05) is 4.90 Å². The molecule has 0 saturated heterocycles. The lowest BCUT2D eigenvalue weighted by atomic mass is 10.2. The molecule has 0 aliphatic rings. The van der Waals surface area contributed by atoms with Crippen LogP contribution in [0.2, 0.25) is 0 Å². The third-order valence-corrected chi connectivity index (χ3v) is 2.06. The number of carbonyl (C=O) groups is 2. The number of hydrogen-bond donors (Lipinski definition) is 0. The maximum Gasteiger partial charge on any atom is 0.416 e. The summed E-state index contributed by atoms with van der Waals surface area (Å²) in [5, 5.41) is 0. The van der Waals surface area contributed by atoms with Crippen LogP contribution in [0.25, 0.3) is 0 Å². The molecule has 2 amide bonds. The van der Waals surface area contributed by atoms with Crippen molar-refractivity contribution in [3.05, 3.63) is 29.8 Å². The van der Waals surface area contributed by atoms with E-state index in [-0.39, 0.29) is 5.69 Å². The third kappa shape index (κ3) is 3.05. The fourth-order valence-corrected chi connectivity index (χ4v) is 1.41. The molecule has 1 aromatic rings. The lowest BCUT2D eigenvalue weighted by Crippen LogP contribution is -2.33. The Hall–Kier alpha value is -1.85. The first-order valence-electron chi connectivity index (χ1n) is 4.72. The number of hydrogen-bond acceptors (Lipinski definition) is 2. The number of benzene rings is 1. The zero-order valence-corrected chi connectivity index (χ0v) is 9.21. The number of halogens is 3.